The zero-order valence-corrected chi connectivity index (χ0v) is 12.9. The van der Waals surface area contributed by atoms with Gasteiger partial charge in [0.15, 0.2) is 0 Å². The summed E-state index contributed by atoms with van der Waals surface area (Å²) in [6.45, 7) is 7.81. The number of hydrogen-bond donors (Lipinski definition) is 1. The summed E-state index contributed by atoms with van der Waals surface area (Å²) in [6.07, 6.45) is 2.20. The molecule has 1 heterocycles. The zero-order valence-electron chi connectivity index (χ0n) is 12.9. The topological polar surface area (TPSA) is 60.2 Å². The van der Waals surface area contributed by atoms with E-state index in [1.165, 1.54) is 0 Å². The lowest BCUT2D eigenvalue weighted by molar-refractivity contribution is 0.309. The first-order chi connectivity index (χ1) is 10.2. The lowest BCUT2D eigenvalue weighted by atomic mass is 10.2. The van der Waals surface area contributed by atoms with E-state index in [2.05, 4.69) is 22.4 Å². The number of rotatable bonds is 8. The average Bonchev–Trinajstić information content (AvgIpc) is 2.98. The molecule has 5 heteroatoms. The number of ether oxygens (including phenoxy) is 1. The minimum Gasteiger partial charge on any atom is -0.494 e. The molecule has 0 aliphatic heterocycles. The van der Waals surface area contributed by atoms with Crippen molar-refractivity contribution in [3.05, 3.63) is 30.2 Å². The van der Waals surface area contributed by atoms with E-state index < -0.39 is 0 Å². The molecule has 1 atom stereocenters. The van der Waals surface area contributed by atoms with E-state index >= 15 is 0 Å². The summed E-state index contributed by atoms with van der Waals surface area (Å²) < 4.78 is 11.3. The number of nitrogens with one attached hydrogen (secondary N) is 1. The van der Waals surface area contributed by atoms with Gasteiger partial charge in [-0.2, -0.15) is 0 Å². The van der Waals surface area contributed by atoms with E-state index in [0.29, 0.717) is 11.8 Å². The summed E-state index contributed by atoms with van der Waals surface area (Å²) in [5, 5.41) is 11.4. The fourth-order valence-corrected chi connectivity index (χ4v) is 1.95. The van der Waals surface area contributed by atoms with Gasteiger partial charge in [-0.3, -0.25) is 0 Å². The van der Waals surface area contributed by atoms with Crippen LogP contribution in [0.15, 0.2) is 28.7 Å². The van der Waals surface area contributed by atoms with Crippen LogP contribution in [0.3, 0.4) is 0 Å². The smallest absolute Gasteiger partial charge is 0.247 e. The molecule has 0 saturated heterocycles. The Bertz CT molecular complexity index is 537. The molecule has 21 heavy (non-hydrogen) atoms. The number of hydrogen-bond acceptors (Lipinski definition) is 5. The van der Waals surface area contributed by atoms with Gasteiger partial charge in [0.2, 0.25) is 11.8 Å². The van der Waals surface area contributed by atoms with Crippen molar-refractivity contribution >= 4 is 0 Å². The van der Waals surface area contributed by atoms with Gasteiger partial charge in [0.1, 0.15) is 5.75 Å². The van der Waals surface area contributed by atoms with Gasteiger partial charge in [-0.25, -0.2) is 0 Å². The van der Waals surface area contributed by atoms with Gasteiger partial charge in [0.25, 0.3) is 0 Å². The van der Waals surface area contributed by atoms with Crippen molar-refractivity contribution < 1.29 is 9.15 Å². The Hall–Kier alpha value is -1.88. The Morgan fingerprint density at radius 2 is 1.95 bits per heavy atom. The molecule has 1 aromatic heterocycles. The van der Waals surface area contributed by atoms with Crippen molar-refractivity contribution in [2.75, 3.05) is 13.2 Å². The minimum atomic E-state index is 0.0629. The lowest BCUT2D eigenvalue weighted by Crippen LogP contribution is -2.17. The molecule has 0 bridgehead atoms. The standard InChI is InChI=1S/C16H23N3O2/c1-4-6-11-20-14-9-7-13(8-10-14)16-19-18-15(21-16)12(3)17-5-2/h7-10,12,17H,4-6,11H2,1-3H3. The van der Waals surface area contributed by atoms with E-state index in [4.69, 9.17) is 9.15 Å². The maximum atomic E-state index is 5.70. The van der Waals surface area contributed by atoms with E-state index in [-0.39, 0.29) is 6.04 Å². The molecular weight excluding hydrogens is 266 g/mol. The van der Waals surface area contributed by atoms with Crippen molar-refractivity contribution in [1.82, 2.24) is 15.5 Å². The van der Waals surface area contributed by atoms with Crippen LogP contribution in [-0.2, 0) is 0 Å². The first-order valence-electron chi connectivity index (χ1n) is 7.54. The number of benzene rings is 1. The third-order valence-corrected chi connectivity index (χ3v) is 3.19. The fraction of sp³-hybridized carbons (Fsp3) is 0.500. The Morgan fingerprint density at radius 1 is 1.19 bits per heavy atom. The number of nitrogens with zero attached hydrogens (tertiary/aromatic N) is 2. The molecule has 2 rings (SSSR count). The van der Waals surface area contributed by atoms with Crippen LogP contribution in [0.4, 0.5) is 0 Å². The number of unbranched alkanes of at least 4 members (excludes halogenated alkanes) is 1. The highest BCUT2D eigenvalue weighted by Gasteiger charge is 2.13. The first kappa shape index (κ1) is 15.5. The van der Waals surface area contributed by atoms with Crippen LogP contribution in [0.1, 0.15) is 45.5 Å². The van der Waals surface area contributed by atoms with E-state index in [0.717, 1.165) is 37.3 Å². The van der Waals surface area contributed by atoms with Crippen LogP contribution in [0.5, 0.6) is 5.75 Å². The fourth-order valence-electron chi connectivity index (χ4n) is 1.95. The molecule has 0 fully saturated rings. The van der Waals surface area contributed by atoms with E-state index in [1.54, 1.807) is 0 Å². The third-order valence-electron chi connectivity index (χ3n) is 3.19. The van der Waals surface area contributed by atoms with Crippen molar-refractivity contribution in [3.63, 3.8) is 0 Å². The molecular formula is C16H23N3O2. The van der Waals surface area contributed by atoms with Gasteiger partial charge in [-0.1, -0.05) is 20.3 Å². The van der Waals surface area contributed by atoms with Crippen LogP contribution in [0.2, 0.25) is 0 Å². The second kappa shape index (κ2) is 7.78. The molecule has 0 aliphatic rings. The molecule has 1 aromatic carbocycles. The monoisotopic (exact) mass is 289 g/mol. The first-order valence-corrected chi connectivity index (χ1v) is 7.54. The molecule has 1 N–H and O–H groups in total. The highest BCUT2D eigenvalue weighted by atomic mass is 16.5. The maximum absolute atomic E-state index is 5.70. The Kier molecular flexibility index (Phi) is 5.75. The Labute approximate surface area is 125 Å². The van der Waals surface area contributed by atoms with Gasteiger partial charge >= 0.3 is 0 Å². The normalized spacial score (nSPS) is 12.3. The molecule has 114 valence electrons. The van der Waals surface area contributed by atoms with E-state index in [1.807, 2.05) is 38.1 Å². The average molecular weight is 289 g/mol. The summed E-state index contributed by atoms with van der Waals surface area (Å²) in [4.78, 5) is 0. The van der Waals surface area contributed by atoms with Gasteiger partial charge in [-0.05, 0) is 44.2 Å². The Morgan fingerprint density at radius 3 is 2.62 bits per heavy atom. The molecule has 0 radical (unpaired) electrons. The molecule has 0 amide bonds. The molecule has 0 aliphatic carbocycles. The predicted molar refractivity (Wildman–Crippen MR) is 82.2 cm³/mol. The molecule has 5 nitrogen and oxygen atoms in total. The SMILES string of the molecule is CCCCOc1ccc(-c2nnc(C(C)NCC)o2)cc1. The van der Waals surface area contributed by atoms with Gasteiger partial charge < -0.3 is 14.5 Å². The third kappa shape index (κ3) is 4.29. The molecule has 1 unspecified atom stereocenters. The maximum Gasteiger partial charge on any atom is 0.247 e. The van der Waals surface area contributed by atoms with Gasteiger partial charge in [0.05, 0.1) is 12.6 Å². The van der Waals surface area contributed by atoms with Crippen LogP contribution in [0.25, 0.3) is 11.5 Å². The minimum absolute atomic E-state index is 0.0629. The van der Waals surface area contributed by atoms with Crippen molar-refractivity contribution in [2.45, 2.75) is 39.7 Å². The predicted octanol–water partition coefficient (Wildman–Crippen LogP) is 3.59. The highest BCUT2D eigenvalue weighted by molar-refractivity contribution is 5.53. The zero-order chi connectivity index (χ0) is 15.1. The number of aromatic nitrogens is 2. The van der Waals surface area contributed by atoms with Crippen LogP contribution in [0, 0.1) is 0 Å². The summed E-state index contributed by atoms with van der Waals surface area (Å²) in [5.41, 5.74) is 0.903. The molecule has 2 aromatic rings. The summed E-state index contributed by atoms with van der Waals surface area (Å²) in [5.74, 6) is 2.01. The van der Waals surface area contributed by atoms with Crippen molar-refractivity contribution in [2.24, 2.45) is 0 Å². The summed E-state index contributed by atoms with van der Waals surface area (Å²) in [7, 11) is 0. The summed E-state index contributed by atoms with van der Waals surface area (Å²) >= 11 is 0. The second-order valence-electron chi connectivity index (χ2n) is 4.95. The van der Waals surface area contributed by atoms with Gasteiger partial charge in [0, 0.05) is 5.56 Å². The van der Waals surface area contributed by atoms with Crippen molar-refractivity contribution in [3.8, 4) is 17.2 Å². The summed E-state index contributed by atoms with van der Waals surface area (Å²) in [6, 6.07) is 7.81. The van der Waals surface area contributed by atoms with Crippen LogP contribution in [-0.4, -0.2) is 23.3 Å². The molecule has 0 spiro atoms. The van der Waals surface area contributed by atoms with E-state index in [9.17, 15) is 0 Å². The quantitative estimate of drug-likeness (QED) is 0.753. The lowest BCUT2D eigenvalue weighted by Gasteiger charge is -2.06. The Balaban J connectivity index is 2.01. The van der Waals surface area contributed by atoms with Crippen molar-refractivity contribution in [1.29, 1.82) is 0 Å². The molecule has 0 saturated carbocycles. The second-order valence-corrected chi connectivity index (χ2v) is 4.95. The van der Waals surface area contributed by atoms with Gasteiger partial charge in [-0.15, -0.1) is 10.2 Å². The van der Waals surface area contributed by atoms with Crippen LogP contribution < -0.4 is 10.1 Å². The van der Waals surface area contributed by atoms with Crippen LogP contribution >= 0.6 is 0 Å². The highest BCUT2D eigenvalue weighted by Crippen LogP contribution is 2.23. The largest absolute Gasteiger partial charge is 0.494 e.